The van der Waals surface area contributed by atoms with Gasteiger partial charge in [-0.3, -0.25) is 4.98 Å². The number of hydrogen-bond acceptors (Lipinski definition) is 3. The highest BCUT2D eigenvalue weighted by molar-refractivity contribution is 5.89. The molecule has 3 aromatic rings. The molecule has 22 heavy (non-hydrogen) atoms. The summed E-state index contributed by atoms with van der Waals surface area (Å²) >= 11 is 0. The molecule has 3 rings (SSSR count). The van der Waals surface area contributed by atoms with Crippen LogP contribution in [0.1, 0.15) is 36.4 Å². The van der Waals surface area contributed by atoms with Crippen molar-refractivity contribution in [3.8, 4) is 11.8 Å². The van der Waals surface area contributed by atoms with E-state index in [0.29, 0.717) is 17.7 Å². The average Bonchev–Trinajstić information content (AvgIpc) is 2.88. The van der Waals surface area contributed by atoms with E-state index in [1.54, 1.807) is 6.20 Å². The maximum Gasteiger partial charge on any atom is 0.102 e. The zero-order valence-electron chi connectivity index (χ0n) is 12.6. The minimum Gasteiger partial charge on any atom is -0.387 e. The molecule has 4 nitrogen and oxygen atoms in total. The highest BCUT2D eigenvalue weighted by Gasteiger charge is 2.22. The Morgan fingerprint density at radius 2 is 2.09 bits per heavy atom. The molecule has 0 aliphatic carbocycles. The Morgan fingerprint density at radius 3 is 2.77 bits per heavy atom. The molecule has 1 aromatic carbocycles. The zero-order chi connectivity index (χ0) is 15.7. The molecule has 1 unspecified atom stereocenters. The Hall–Kier alpha value is -2.64. The summed E-state index contributed by atoms with van der Waals surface area (Å²) in [5.41, 5.74) is 3.92. The lowest BCUT2D eigenvalue weighted by Gasteiger charge is -2.15. The number of hydrogen-bond donors (Lipinski definition) is 1. The van der Waals surface area contributed by atoms with Crippen LogP contribution in [0.15, 0.2) is 42.6 Å². The molecule has 0 bridgehead atoms. The van der Waals surface area contributed by atoms with Crippen molar-refractivity contribution in [2.75, 3.05) is 0 Å². The maximum absolute atomic E-state index is 10.5. The molecule has 0 aliphatic heterocycles. The molecular weight excluding hydrogens is 274 g/mol. The Kier molecular flexibility index (Phi) is 3.66. The van der Waals surface area contributed by atoms with Gasteiger partial charge in [0.2, 0.25) is 0 Å². The Labute approximate surface area is 129 Å². The SMILES string of the molecule is CCC(O)c1c(C#N)c2ccccc2n1-c1ccnc(C)c1. The van der Waals surface area contributed by atoms with Crippen molar-refractivity contribution in [2.24, 2.45) is 0 Å². The summed E-state index contributed by atoms with van der Waals surface area (Å²) in [5, 5.41) is 20.9. The maximum atomic E-state index is 10.5. The van der Waals surface area contributed by atoms with Gasteiger partial charge >= 0.3 is 0 Å². The number of nitriles is 1. The van der Waals surface area contributed by atoms with Crippen LogP contribution in [0.4, 0.5) is 0 Å². The topological polar surface area (TPSA) is 61.8 Å². The van der Waals surface area contributed by atoms with Gasteiger partial charge in [0.05, 0.1) is 22.9 Å². The standard InChI is InChI=1S/C18H17N3O/c1-3-17(22)18-15(11-19)14-6-4-5-7-16(14)21(18)13-8-9-20-12(2)10-13/h4-10,17,22H,3H2,1-2H3. The number of aromatic nitrogens is 2. The predicted octanol–water partition coefficient (Wildman–Crippen LogP) is 3.65. The summed E-state index contributed by atoms with van der Waals surface area (Å²) in [4.78, 5) is 4.23. The van der Waals surface area contributed by atoms with Gasteiger partial charge in [0.1, 0.15) is 6.07 Å². The zero-order valence-corrected chi connectivity index (χ0v) is 12.6. The lowest BCUT2D eigenvalue weighted by Crippen LogP contribution is -2.07. The molecule has 0 fully saturated rings. The van der Waals surface area contributed by atoms with Crippen molar-refractivity contribution >= 4 is 10.9 Å². The molecule has 0 saturated heterocycles. The molecule has 4 heteroatoms. The van der Waals surface area contributed by atoms with Crippen molar-refractivity contribution in [3.63, 3.8) is 0 Å². The first-order valence-corrected chi connectivity index (χ1v) is 7.32. The van der Waals surface area contributed by atoms with E-state index in [0.717, 1.165) is 22.3 Å². The molecule has 2 heterocycles. The van der Waals surface area contributed by atoms with Crippen LogP contribution in [0.25, 0.3) is 16.6 Å². The molecule has 0 aliphatic rings. The molecule has 0 saturated carbocycles. The van der Waals surface area contributed by atoms with Crippen LogP contribution in [0.3, 0.4) is 0 Å². The van der Waals surface area contributed by atoms with E-state index >= 15 is 0 Å². The number of benzene rings is 1. The molecular formula is C18H17N3O. The molecule has 0 spiro atoms. The first-order valence-electron chi connectivity index (χ1n) is 7.32. The van der Waals surface area contributed by atoms with Crippen LogP contribution >= 0.6 is 0 Å². The molecule has 1 atom stereocenters. The van der Waals surface area contributed by atoms with E-state index in [1.807, 2.05) is 54.8 Å². The number of para-hydroxylation sites is 1. The quantitative estimate of drug-likeness (QED) is 0.801. The third kappa shape index (κ3) is 2.16. The summed E-state index contributed by atoms with van der Waals surface area (Å²) in [5.74, 6) is 0. The normalized spacial score (nSPS) is 12.3. The van der Waals surface area contributed by atoms with Crippen LogP contribution in [0.2, 0.25) is 0 Å². The minimum absolute atomic E-state index is 0.541. The van der Waals surface area contributed by atoms with Crippen molar-refractivity contribution in [1.82, 2.24) is 9.55 Å². The summed E-state index contributed by atoms with van der Waals surface area (Å²) in [7, 11) is 0. The summed E-state index contributed by atoms with van der Waals surface area (Å²) in [6.07, 6.45) is 1.61. The molecule has 0 radical (unpaired) electrons. The van der Waals surface area contributed by atoms with E-state index in [9.17, 15) is 10.4 Å². The van der Waals surface area contributed by atoms with Gasteiger partial charge in [-0.25, -0.2) is 0 Å². The van der Waals surface area contributed by atoms with Gasteiger partial charge in [-0.1, -0.05) is 25.1 Å². The molecule has 110 valence electrons. The lowest BCUT2D eigenvalue weighted by atomic mass is 10.1. The second kappa shape index (κ2) is 5.63. The van der Waals surface area contributed by atoms with Gasteiger partial charge in [-0.2, -0.15) is 5.26 Å². The highest BCUT2D eigenvalue weighted by Crippen LogP contribution is 2.33. The Morgan fingerprint density at radius 1 is 1.32 bits per heavy atom. The van der Waals surface area contributed by atoms with Crippen molar-refractivity contribution < 1.29 is 5.11 Å². The Balaban J connectivity index is 2.44. The Bertz CT molecular complexity index is 874. The molecule has 0 amide bonds. The van der Waals surface area contributed by atoms with Gasteiger partial charge in [0.15, 0.2) is 0 Å². The number of aliphatic hydroxyl groups is 1. The molecule has 1 N–H and O–H groups in total. The fourth-order valence-corrected chi connectivity index (χ4v) is 2.83. The van der Waals surface area contributed by atoms with Crippen LogP contribution in [0.5, 0.6) is 0 Å². The summed E-state index contributed by atoms with van der Waals surface area (Å²) in [6, 6.07) is 13.9. The van der Waals surface area contributed by atoms with Crippen molar-refractivity contribution in [1.29, 1.82) is 5.26 Å². The second-order valence-corrected chi connectivity index (χ2v) is 5.30. The first-order chi connectivity index (χ1) is 10.7. The number of fused-ring (bicyclic) bond motifs is 1. The lowest BCUT2D eigenvalue weighted by molar-refractivity contribution is 0.167. The predicted molar refractivity (Wildman–Crippen MR) is 85.8 cm³/mol. The number of nitrogens with zero attached hydrogens (tertiary/aromatic N) is 3. The van der Waals surface area contributed by atoms with E-state index in [-0.39, 0.29) is 0 Å². The van der Waals surface area contributed by atoms with E-state index in [4.69, 9.17) is 0 Å². The van der Waals surface area contributed by atoms with E-state index in [1.165, 1.54) is 0 Å². The first kappa shape index (κ1) is 14.3. The van der Waals surface area contributed by atoms with Gasteiger partial charge in [0, 0.05) is 23.0 Å². The average molecular weight is 291 g/mol. The number of pyridine rings is 1. The fourth-order valence-electron chi connectivity index (χ4n) is 2.83. The monoisotopic (exact) mass is 291 g/mol. The highest BCUT2D eigenvalue weighted by atomic mass is 16.3. The summed E-state index contributed by atoms with van der Waals surface area (Å²) < 4.78 is 1.97. The third-order valence-corrected chi connectivity index (χ3v) is 3.86. The summed E-state index contributed by atoms with van der Waals surface area (Å²) in [6.45, 7) is 3.84. The van der Waals surface area contributed by atoms with Crippen LogP contribution in [0, 0.1) is 18.3 Å². The third-order valence-electron chi connectivity index (χ3n) is 3.86. The van der Waals surface area contributed by atoms with Crippen LogP contribution in [-0.4, -0.2) is 14.7 Å². The van der Waals surface area contributed by atoms with E-state index in [2.05, 4.69) is 11.1 Å². The fraction of sp³-hybridized carbons (Fsp3) is 0.222. The van der Waals surface area contributed by atoms with Gasteiger partial charge in [-0.05, 0) is 31.5 Å². The van der Waals surface area contributed by atoms with Crippen molar-refractivity contribution in [3.05, 3.63) is 59.5 Å². The van der Waals surface area contributed by atoms with Gasteiger partial charge < -0.3 is 9.67 Å². The number of aryl methyl sites for hydroxylation is 1. The number of aliphatic hydroxyl groups excluding tert-OH is 1. The minimum atomic E-state index is -0.685. The molecule has 2 aromatic heterocycles. The van der Waals surface area contributed by atoms with Crippen LogP contribution < -0.4 is 0 Å². The second-order valence-electron chi connectivity index (χ2n) is 5.30. The van der Waals surface area contributed by atoms with E-state index < -0.39 is 6.10 Å². The van der Waals surface area contributed by atoms with Gasteiger partial charge in [-0.15, -0.1) is 0 Å². The van der Waals surface area contributed by atoms with Crippen LogP contribution in [-0.2, 0) is 0 Å². The smallest absolute Gasteiger partial charge is 0.102 e. The van der Waals surface area contributed by atoms with Gasteiger partial charge in [0.25, 0.3) is 0 Å². The largest absolute Gasteiger partial charge is 0.387 e. The number of rotatable bonds is 3. The van der Waals surface area contributed by atoms with Crippen molar-refractivity contribution in [2.45, 2.75) is 26.4 Å².